The van der Waals surface area contributed by atoms with Crippen molar-refractivity contribution in [3.8, 4) is 6.07 Å². The summed E-state index contributed by atoms with van der Waals surface area (Å²) in [6, 6.07) is 5.54. The minimum absolute atomic E-state index is 0.193. The Bertz CT molecular complexity index is 335. The number of carbonyl (C=O) groups is 1. The number of carbonyl (C=O) groups excluding carboxylic acids is 1. The second-order valence-corrected chi connectivity index (χ2v) is 4.12. The van der Waals surface area contributed by atoms with Crippen molar-refractivity contribution in [3.05, 3.63) is 22.4 Å². The van der Waals surface area contributed by atoms with Gasteiger partial charge in [0.15, 0.2) is 0 Å². The van der Waals surface area contributed by atoms with Crippen molar-refractivity contribution in [2.45, 2.75) is 19.4 Å². The van der Waals surface area contributed by atoms with E-state index in [4.69, 9.17) is 5.26 Å². The average Bonchev–Trinajstić information content (AvgIpc) is 2.55. The van der Waals surface area contributed by atoms with Gasteiger partial charge in [-0.15, -0.1) is 11.3 Å². The summed E-state index contributed by atoms with van der Waals surface area (Å²) >= 11 is 1.36. The number of hydrogen-bond donors (Lipinski definition) is 1. The molecule has 1 heterocycles. The van der Waals surface area contributed by atoms with E-state index < -0.39 is 5.54 Å². The molecule has 0 saturated carbocycles. The van der Waals surface area contributed by atoms with Crippen molar-refractivity contribution < 1.29 is 4.79 Å². The molecule has 1 N–H and O–H groups in total. The number of hydrogen-bond acceptors (Lipinski definition) is 3. The van der Waals surface area contributed by atoms with E-state index in [-0.39, 0.29) is 5.91 Å². The fourth-order valence-electron chi connectivity index (χ4n) is 0.781. The van der Waals surface area contributed by atoms with E-state index >= 15 is 0 Å². The Morgan fingerprint density at radius 2 is 2.38 bits per heavy atom. The molecule has 68 valence electrons. The Hall–Kier alpha value is -1.34. The predicted octanol–water partition coefficient (Wildman–Crippen LogP) is 1.78. The lowest BCUT2D eigenvalue weighted by Gasteiger charge is -2.16. The van der Waals surface area contributed by atoms with Gasteiger partial charge in [-0.3, -0.25) is 4.79 Å². The second-order valence-electron chi connectivity index (χ2n) is 3.17. The van der Waals surface area contributed by atoms with Crippen molar-refractivity contribution in [1.29, 1.82) is 5.26 Å². The van der Waals surface area contributed by atoms with Gasteiger partial charge in [0.25, 0.3) is 5.91 Å². The van der Waals surface area contributed by atoms with Crippen molar-refractivity contribution in [2.24, 2.45) is 0 Å². The Morgan fingerprint density at radius 1 is 1.69 bits per heavy atom. The normalized spacial score (nSPS) is 10.5. The lowest BCUT2D eigenvalue weighted by atomic mass is 10.1. The van der Waals surface area contributed by atoms with Crippen LogP contribution in [0.25, 0.3) is 0 Å². The van der Waals surface area contributed by atoms with Crippen LogP contribution in [0.4, 0.5) is 0 Å². The van der Waals surface area contributed by atoms with Gasteiger partial charge in [-0.2, -0.15) is 5.26 Å². The first kappa shape index (κ1) is 9.75. The third-order valence-electron chi connectivity index (χ3n) is 1.45. The second kappa shape index (κ2) is 3.58. The lowest BCUT2D eigenvalue weighted by Crippen LogP contribution is -2.41. The van der Waals surface area contributed by atoms with E-state index in [1.165, 1.54) is 11.3 Å². The van der Waals surface area contributed by atoms with Crippen LogP contribution in [0.3, 0.4) is 0 Å². The number of rotatable bonds is 2. The molecule has 4 heteroatoms. The van der Waals surface area contributed by atoms with Crippen molar-refractivity contribution in [1.82, 2.24) is 5.32 Å². The number of thiophene rings is 1. The highest BCUT2D eigenvalue weighted by atomic mass is 32.1. The molecule has 3 nitrogen and oxygen atoms in total. The lowest BCUT2D eigenvalue weighted by molar-refractivity contribution is 0.0933. The molecule has 0 bridgehead atoms. The van der Waals surface area contributed by atoms with Crippen LogP contribution in [-0.2, 0) is 0 Å². The Balaban J connectivity index is 2.68. The highest BCUT2D eigenvalue weighted by Crippen LogP contribution is 2.10. The zero-order chi connectivity index (χ0) is 9.90. The third kappa shape index (κ3) is 2.56. The topological polar surface area (TPSA) is 52.9 Å². The Kier molecular flexibility index (Phi) is 2.69. The summed E-state index contributed by atoms with van der Waals surface area (Å²) in [4.78, 5) is 12.1. The van der Waals surface area contributed by atoms with E-state index in [1.54, 1.807) is 26.0 Å². The molecule has 0 saturated heterocycles. The maximum Gasteiger partial charge on any atom is 0.262 e. The largest absolute Gasteiger partial charge is 0.334 e. The first-order valence-corrected chi connectivity index (χ1v) is 4.70. The van der Waals surface area contributed by atoms with Gasteiger partial charge in [0, 0.05) is 0 Å². The molecule has 0 radical (unpaired) electrons. The van der Waals surface area contributed by atoms with Crippen molar-refractivity contribution >= 4 is 17.2 Å². The summed E-state index contributed by atoms with van der Waals surface area (Å²) in [7, 11) is 0. The standard InChI is InChI=1S/C9H10N2OS/c1-9(2,6-10)11-8(12)7-4-3-5-13-7/h3-5H,1-2H3,(H,11,12). The van der Waals surface area contributed by atoms with Gasteiger partial charge in [0.2, 0.25) is 0 Å². The maximum atomic E-state index is 11.4. The number of nitriles is 1. The molecule has 0 aliphatic rings. The van der Waals surface area contributed by atoms with Crippen LogP contribution in [0, 0.1) is 11.3 Å². The van der Waals surface area contributed by atoms with Gasteiger partial charge in [0.05, 0.1) is 10.9 Å². The molecular weight excluding hydrogens is 184 g/mol. The molecule has 0 aliphatic carbocycles. The number of nitrogens with one attached hydrogen (secondary N) is 1. The molecule has 0 unspecified atom stereocenters. The van der Waals surface area contributed by atoms with Gasteiger partial charge in [-0.1, -0.05) is 6.07 Å². The maximum absolute atomic E-state index is 11.4. The van der Waals surface area contributed by atoms with Crippen LogP contribution < -0.4 is 5.32 Å². The fraction of sp³-hybridized carbons (Fsp3) is 0.333. The predicted molar refractivity (Wildman–Crippen MR) is 51.5 cm³/mol. The molecular formula is C9H10N2OS. The summed E-state index contributed by atoms with van der Waals surface area (Å²) < 4.78 is 0. The van der Waals surface area contributed by atoms with Crippen LogP contribution in [0.5, 0.6) is 0 Å². The smallest absolute Gasteiger partial charge is 0.262 e. The van der Waals surface area contributed by atoms with E-state index in [2.05, 4.69) is 5.32 Å². The fourth-order valence-corrected chi connectivity index (χ4v) is 1.40. The van der Waals surface area contributed by atoms with Gasteiger partial charge in [-0.25, -0.2) is 0 Å². The molecule has 1 aromatic heterocycles. The minimum atomic E-state index is -0.804. The molecule has 0 aliphatic heterocycles. The van der Waals surface area contributed by atoms with E-state index in [0.29, 0.717) is 4.88 Å². The van der Waals surface area contributed by atoms with Gasteiger partial charge in [-0.05, 0) is 25.3 Å². The van der Waals surface area contributed by atoms with E-state index in [1.807, 2.05) is 11.4 Å². The zero-order valence-corrected chi connectivity index (χ0v) is 8.31. The zero-order valence-electron chi connectivity index (χ0n) is 7.50. The van der Waals surface area contributed by atoms with Crippen LogP contribution in [0.1, 0.15) is 23.5 Å². The SMILES string of the molecule is CC(C)(C#N)NC(=O)c1cccs1. The summed E-state index contributed by atoms with van der Waals surface area (Å²) in [5.41, 5.74) is -0.804. The molecule has 1 amide bonds. The molecule has 0 spiro atoms. The van der Waals surface area contributed by atoms with E-state index in [9.17, 15) is 4.79 Å². The molecule has 0 atom stereocenters. The van der Waals surface area contributed by atoms with E-state index in [0.717, 1.165) is 0 Å². The van der Waals surface area contributed by atoms with Gasteiger partial charge >= 0.3 is 0 Å². The number of nitrogens with zero attached hydrogens (tertiary/aromatic N) is 1. The van der Waals surface area contributed by atoms with Crippen LogP contribution in [-0.4, -0.2) is 11.4 Å². The van der Waals surface area contributed by atoms with Crippen LogP contribution in [0.2, 0.25) is 0 Å². The summed E-state index contributed by atoms with van der Waals surface area (Å²) in [6.45, 7) is 3.33. The Labute approximate surface area is 81.0 Å². The molecule has 1 rings (SSSR count). The molecule has 1 aromatic rings. The molecule has 13 heavy (non-hydrogen) atoms. The van der Waals surface area contributed by atoms with Crippen molar-refractivity contribution in [2.75, 3.05) is 0 Å². The quantitative estimate of drug-likeness (QED) is 0.780. The van der Waals surface area contributed by atoms with Gasteiger partial charge in [0.1, 0.15) is 5.54 Å². The molecule has 0 fully saturated rings. The summed E-state index contributed by atoms with van der Waals surface area (Å²) in [5, 5.41) is 13.1. The minimum Gasteiger partial charge on any atom is -0.334 e. The monoisotopic (exact) mass is 194 g/mol. The third-order valence-corrected chi connectivity index (χ3v) is 2.32. The summed E-state index contributed by atoms with van der Waals surface area (Å²) in [6.07, 6.45) is 0. The van der Waals surface area contributed by atoms with Crippen molar-refractivity contribution in [3.63, 3.8) is 0 Å². The molecule has 0 aromatic carbocycles. The highest BCUT2D eigenvalue weighted by molar-refractivity contribution is 7.12. The highest BCUT2D eigenvalue weighted by Gasteiger charge is 2.20. The average molecular weight is 194 g/mol. The Morgan fingerprint density at radius 3 is 2.85 bits per heavy atom. The first-order chi connectivity index (χ1) is 6.05. The first-order valence-electron chi connectivity index (χ1n) is 3.82. The number of amides is 1. The van der Waals surface area contributed by atoms with Crippen LogP contribution >= 0.6 is 11.3 Å². The van der Waals surface area contributed by atoms with Crippen LogP contribution in [0.15, 0.2) is 17.5 Å². The summed E-state index contributed by atoms with van der Waals surface area (Å²) in [5.74, 6) is -0.193. The van der Waals surface area contributed by atoms with Gasteiger partial charge < -0.3 is 5.32 Å².